The van der Waals surface area contributed by atoms with Crippen molar-refractivity contribution >= 4 is 38.9 Å². The number of thiocarbonyl (C=S) groups is 1. The second kappa shape index (κ2) is 9.01. The minimum atomic E-state index is -0.0643. The quantitative estimate of drug-likeness (QED) is 0.286. The number of aromatic nitrogens is 2. The Balaban J connectivity index is 1.69. The van der Waals surface area contributed by atoms with Crippen LogP contribution in [0.5, 0.6) is 0 Å². The topological polar surface area (TPSA) is 33.1 Å². The first kappa shape index (κ1) is 22.8. The third-order valence-electron chi connectivity index (χ3n) is 6.46. The van der Waals surface area contributed by atoms with Crippen molar-refractivity contribution in [1.82, 2.24) is 14.9 Å². The van der Waals surface area contributed by atoms with Crippen LogP contribution in [-0.4, -0.2) is 14.7 Å². The van der Waals surface area contributed by atoms with Crippen molar-refractivity contribution in [2.45, 2.75) is 39.8 Å². The lowest BCUT2D eigenvalue weighted by Crippen LogP contribution is -2.29. The lowest BCUT2D eigenvalue weighted by Gasteiger charge is -2.28. The summed E-state index contributed by atoms with van der Waals surface area (Å²) in [6, 6.07) is 23.3. The molecule has 0 unspecified atom stereocenters. The van der Waals surface area contributed by atoms with E-state index >= 15 is 0 Å². The van der Waals surface area contributed by atoms with Gasteiger partial charge in [0.2, 0.25) is 0 Å². The number of nitrogens with zero attached hydrogens (tertiary/aromatic N) is 3. The molecule has 2 atom stereocenters. The Morgan fingerprint density at radius 2 is 1.59 bits per heavy atom. The molecule has 172 valence electrons. The van der Waals surface area contributed by atoms with E-state index in [9.17, 15) is 0 Å². The van der Waals surface area contributed by atoms with Crippen LogP contribution >= 0.6 is 28.1 Å². The minimum absolute atomic E-state index is 0.0329. The van der Waals surface area contributed by atoms with E-state index in [4.69, 9.17) is 17.2 Å². The molecule has 4 nitrogen and oxygen atoms in total. The molecule has 2 aromatic heterocycles. The van der Waals surface area contributed by atoms with Gasteiger partial charge in [0.05, 0.1) is 17.8 Å². The van der Waals surface area contributed by atoms with Crippen molar-refractivity contribution in [3.63, 3.8) is 0 Å². The fourth-order valence-corrected chi connectivity index (χ4v) is 5.73. The highest BCUT2D eigenvalue weighted by molar-refractivity contribution is 9.10. The molecule has 34 heavy (non-hydrogen) atoms. The van der Waals surface area contributed by atoms with E-state index in [2.05, 4.69) is 113 Å². The molecule has 0 bridgehead atoms. The molecule has 1 N–H and O–H groups in total. The summed E-state index contributed by atoms with van der Waals surface area (Å²) in [5.74, 6) is 0. The largest absolute Gasteiger partial charge is 0.351 e. The van der Waals surface area contributed by atoms with Crippen molar-refractivity contribution < 1.29 is 0 Å². The molecule has 2 aromatic carbocycles. The molecule has 1 aliphatic heterocycles. The second-order valence-electron chi connectivity index (χ2n) is 8.98. The Labute approximate surface area is 214 Å². The SMILES string of the molecule is Cc1cc(C)cc(-n2c(C)cc([C@@H]3[C@@H](c4ccccn4)NC(=S)N3c3ccc(Br)cc3)c2C)c1. The van der Waals surface area contributed by atoms with Crippen LogP contribution in [0.25, 0.3) is 5.69 Å². The first-order valence-electron chi connectivity index (χ1n) is 11.4. The molecule has 0 saturated carbocycles. The van der Waals surface area contributed by atoms with Crippen LogP contribution < -0.4 is 10.2 Å². The average molecular weight is 532 g/mol. The van der Waals surface area contributed by atoms with Gasteiger partial charge in [-0.2, -0.15) is 0 Å². The van der Waals surface area contributed by atoms with Crippen molar-refractivity contribution in [2.24, 2.45) is 0 Å². The molecule has 1 saturated heterocycles. The molecule has 1 aliphatic rings. The van der Waals surface area contributed by atoms with Gasteiger partial charge in [-0.3, -0.25) is 4.98 Å². The molecule has 0 amide bonds. The van der Waals surface area contributed by atoms with E-state index < -0.39 is 0 Å². The van der Waals surface area contributed by atoms with Crippen molar-refractivity contribution in [1.29, 1.82) is 0 Å². The number of aryl methyl sites for hydroxylation is 3. The molecule has 0 radical (unpaired) electrons. The number of nitrogens with one attached hydrogen (secondary N) is 1. The molecule has 5 rings (SSSR count). The molecule has 4 aromatic rings. The Kier molecular flexibility index (Phi) is 6.04. The van der Waals surface area contributed by atoms with Gasteiger partial charge in [0.15, 0.2) is 5.11 Å². The first-order chi connectivity index (χ1) is 16.3. The monoisotopic (exact) mass is 530 g/mol. The van der Waals surface area contributed by atoms with E-state index in [1.165, 1.54) is 33.8 Å². The summed E-state index contributed by atoms with van der Waals surface area (Å²) in [7, 11) is 0. The van der Waals surface area contributed by atoms with E-state index in [1.54, 1.807) is 0 Å². The van der Waals surface area contributed by atoms with Crippen molar-refractivity contribution in [3.05, 3.63) is 111 Å². The molecule has 3 heterocycles. The van der Waals surface area contributed by atoms with Gasteiger partial charge in [-0.05, 0) is 111 Å². The molecule has 0 spiro atoms. The predicted molar refractivity (Wildman–Crippen MR) is 147 cm³/mol. The predicted octanol–water partition coefficient (Wildman–Crippen LogP) is 7.05. The number of rotatable bonds is 4. The molecular formula is C28H27BrN4S. The highest BCUT2D eigenvalue weighted by Gasteiger charge is 2.42. The number of pyridine rings is 1. The summed E-state index contributed by atoms with van der Waals surface area (Å²) in [5.41, 5.74) is 9.39. The van der Waals surface area contributed by atoms with Crippen LogP contribution in [0.2, 0.25) is 0 Å². The van der Waals surface area contributed by atoms with Gasteiger partial charge in [0, 0.05) is 33.4 Å². The van der Waals surface area contributed by atoms with Gasteiger partial charge >= 0.3 is 0 Å². The zero-order valence-corrected chi connectivity index (χ0v) is 22.1. The average Bonchev–Trinajstić information content (AvgIpc) is 3.29. The van der Waals surface area contributed by atoms with E-state index in [0.717, 1.165) is 15.9 Å². The van der Waals surface area contributed by atoms with Gasteiger partial charge in [0.1, 0.15) is 0 Å². The third kappa shape index (κ3) is 4.05. The maximum atomic E-state index is 5.89. The fourth-order valence-electron chi connectivity index (χ4n) is 5.11. The molecule has 0 aliphatic carbocycles. The number of hydrogen-bond donors (Lipinski definition) is 1. The van der Waals surface area contributed by atoms with Crippen LogP contribution in [0, 0.1) is 27.7 Å². The van der Waals surface area contributed by atoms with Gasteiger partial charge in [0.25, 0.3) is 0 Å². The van der Waals surface area contributed by atoms with Crippen LogP contribution in [0.3, 0.4) is 0 Å². The standard InChI is InChI=1S/C28H27BrN4S/c1-17-13-18(2)15-23(14-17)32-19(3)16-24(20(32)4)27-26(25-7-5-6-12-30-25)31-28(34)33(27)22-10-8-21(29)9-11-22/h5-16,26-27H,1-4H3,(H,31,34)/t26-,27-/m1/s1. The summed E-state index contributed by atoms with van der Waals surface area (Å²) < 4.78 is 3.39. The molecule has 6 heteroatoms. The Bertz CT molecular complexity index is 1340. The van der Waals surface area contributed by atoms with Gasteiger partial charge in [-0.1, -0.05) is 28.1 Å². The smallest absolute Gasteiger partial charge is 0.174 e. The maximum Gasteiger partial charge on any atom is 0.174 e. The summed E-state index contributed by atoms with van der Waals surface area (Å²) in [5, 5.41) is 4.28. The summed E-state index contributed by atoms with van der Waals surface area (Å²) in [6.45, 7) is 8.68. The Morgan fingerprint density at radius 3 is 2.24 bits per heavy atom. The number of halogens is 1. The second-order valence-corrected chi connectivity index (χ2v) is 10.3. The van der Waals surface area contributed by atoms with Crippen LogP contribution in [0.15, 0.2) is 77.4 Å². The minimum Gasteiger partial charge on any atom is -0.351 e. The van der Waals surface area contributed by atoms with Crippen LogP contribution in [-0.2, 0) is 0 Å². The van der Waals surface area contributed by atoms with Crippen molar-refractivity contribution in [2.75, 3.05) is 4.90 Å². The third-order valence-corrected chi connectivity index (χ3v) is 7.30. The van der Waals surface area contributed by atoms with E-state index in [-0.39, 0.29) is 12.1 Å². The van der Waals surface area contributed by atoms with Crippen LogP contribution in [0.4, 0.5) is 5.69 Å². The Hall–Kier alpha value is -2.96. The fraction of sp³-hybridized carbons (Fsp3) is 0.214. The van der Waals surface area contributed by atoms with Crippen LogP contribution in [0.1, 0.15) is 45.9 Å². The first-order valence-corrected chi connectivity index (χ1v) is 12.6. The summed E-state index contributed by atoms with van der Waals surface area (Å²) in [4.78, 5) is 6.92. The zero-order chi connectivity index (χ0) is 24.0. The van der Waals surface area contributed by atoms with E-state index in [1.807, 2.05) is 18.3 Å². The van der Waals surface area contributed by atoms with Crippen molar-refractivity contribution in [3.8, 4) is 5.69 Å². The number of benzene rings is 2. The lowest BCUT2D eigenvalue weighted by atomic mass is 9.96. The zero-order valence-electron chi connectivity index (χ0n) is 19.7. The molecule has 1 fully saturated rings. The lowest BCUT2D eigenvalue weighted by molar-refractivity contribution is 0.565. The van der Waals surface area contributed by atoms with Gasteiger partial charge < -0.3 is 14.8 Å². The number of hydrogen-bond acceptors (Lipinski definition) is 2. The molecular weight excluding hydrogens is 504 g/mol. The summed E-state index contributed by atoms with van der Waals surface area (Å²) >= 11 is 9.45. The Morgan fingerprint density at radius 1 is 0.882 bits per heavy atom. The number of anilines is 1. The highest BCUT2D eigenvalue weighted by atomic mass is 79.9. The maximum absolute atomic E-state index is 5.89. The van der Waals surface area contributed by atoms with Gasteiger partial charge in [-0.25, -0.2) is 0 Å². The normalized spacial score (nSPS) is 17.8. The highest BCUT2D eigenvalue weighted by Crippen LogP contribution is 2.44. The summed E-state index contributed by atoms with van der Waals surface area (Å²) in [6.07, 6.45) is 1.85. The van der Waals surface area contributed by atoms with Gasteiger partial charge in [-0.15, -0.1) is 0 Å². The van der Waals surface area contributed by atoms with E-state index in [0.29, 0.717) is 5.11 Å².